The molecule has 0 atom stereocenters. The third-order valence-corrected chi connectivity index (χ3v) is 4.17. The number of nitrogens with one attached hydrogen (secondary N) is 1. The van der Waals surface area contributed by atoms with Crippen molar-refractivity contribution in [1.82, 2.24) is 10.2 Å². The van der Waals surface area contributed by atoms with Crippen LogP contribution in [0.2, 0.25) is 0 Å². The van der Waals surface area contributed by atoms with Gasteiger partial charge in [0.2, 0.25) is 0 Å². The maximum absolute atomic E-state index is 12.9. The predicted molar refractivity (Wildman–Crippen MR) is 107 cm³/mol. The van der Waals surface area contributed by atoms with Gasteiger partial charge in [0.1, 0.15) is 5.69 Å². The number of halogens is 3. The lowest BCUT2D eigenvalue weighted by atomic mass is 10.1. The van der Waals surface area contributed by atoms with E-state index in [1.54, 1.807) is 50.5 Å². The molecule has 0 aliphatic heterocycles. The van der Waals surface area contributed by atoms with Crippen LogP contribution >= 0.6 is 0 Å². The molecule has 0 aliphatic carbocycles. The molecule has 3 rings (SSSR count). The van der Waals surface area contributed by atoms with Crippen LogP contribution in [-0.4, -0.2) is 43.5 Å². The Labute approximate surface area is 165 Å². The van der Waals surface area contributed by atoms with Gasteiger partial charge in [-0.15, -0.1) is 10.2 Å². The molecule has 0 radical (unpaired) electrons. The highest BCUT2D eigenvalue weighted by molar-refractivity contribution is 6.09. The molecule has 0 bridgehead atoms. The smallest absolute Gasteiger partial charge is 0.361 e. The van der Waals surface area contributed by atoms with Gasteiger partial charge < -0.3 is 10.2 Å². The Balaban J connectivity index is 2.00. The number of aliphatic imine (C=N–C) groups is 1. The van der Waals surface area contributed by atoms with Gasteiger partial charge in [-0.05, 0) is 30.3 Å². The van der Waals surface area contributed by atoms with E-state index in [4.69, 9.17) is 0 Å². The minimum Gasteiger partial charge on any atom is -0.361 e. The molecule has 2 aromatic carbocycles. The number of fused-ring (bicyclic) bond motifs is 1. The fourth-order valence-corrected chi connectivity index (χ4v) is 2.83. The molecular weight excluding hydrogens is 383 g/mol. The molecule has 29 heavy (non-hydrogen) atoms. The molecule has 0 saturated heterocycles. The number of aromatic nitrogens is 2. The molecule has 1 aromatic heterocycles. The summed E-state index contributed by atoms with van der Waals surface area (Å²) in [4.78, 5) is 18.4. The average Bonchev–Trinajstić information content (AvgIpc) is 2.67. The third-order valence-electron chi connectivity index (χ3n) is 4.17. The maximum atomic E-state index is 12.9. The average molecular weight is 401 g/mol. The van der Waals surface area contributed by atoms with Crippen LogP contribution in [0.5, 0.6) is 0 Å². The van der Waals surface area contributed by atoms with Crippen LogP contribution in [-0.2, 0) is 6.18 Å². The van der Waals surface area contributed by atoms with Crippen molar-refractivity contribution in [2.24, 2.45) is 4.99 Å². The van der Waals surface area contributed by atoms with E-state index in [-0.39, 0.29) is 11.3 Å². The zero-order valence-electron chi connectivity index (χ0n) is 15.9. The second-order valence-corrected chi connectivity index (χ2v) is 6.48. The Bertz CT molecular complexity index is 1090. The third kappa shape index (κ3) is 4.34. The van der Waals surface area contributed by atoms with Crippen LogP contribution in [0.15, 0.2) is 47.5 Å². The fourth-order valence-electron chi connectivity index (χ4n) is 2.83. The zero-order chi connectivity index (χ0) is 21.2. The number of rotatable bonds is 4. The van der Waals surface area contributed by atoms with Crippen molar-refractivity contribution in [1.29, 1.82) is 0 Å². The van der Waals surface area contributed by atoms with Crippen molar-refractivity contribution in [3.63, 3.8) is 0 Å². The van der Waals surface area contributed by atoms with E-state index in [9.17, 15) is 18.0 Å². The number of nitrogens with zero attached hydrogens (tertiary/aromatic N) is 4. The van der Waals surface area contributed by atoms with E-state index in [0.29, 0.717) is 16.9 Å². The van der Waals surface area contributed by atoms with E-state index in [0.717, 1.165) is 17.5 Å². The lowest BCUT2D eigenvalue weighted by molar-refractivity contribution is -0.137. The van der Waals surface area contributed by atoms with Crippen LogP contribution in [0.25, 0.3) is 10.8 Å². The first-order valence-corrected chi connectivity index (χ1v) is 8.59. The summed E-state index contributed by atoms with van der Waals surface area (Å²) in [6.45, 7) is 0. The molecule has 0 unspecified atom stereocenters. The van der Waals surface area contributed by atoms with Crippen LogP contribution in [0.3, 0.4) is 0 Å². The minimum absolute atomic E-state index is 0.0596. The summed E-state index contributed by atoms with van der Waals surface area (Å²) in [7, 11) is 5.21. The van der Waals surface area contributed by atoms with Crippen molar-refractivity contribution in [2.45, 2.75) is 6.18 Å². The van der Waals surface area contributed by atoms with Gasteiger partial charge in [0.15, 0.2) is 5.82 Å². The molecule has 9 heteroatoms. The first kappa shape index (κ1) is 20.2. The molecule has 1 heterocycles. The number of carbonyl (C=O) groups excluding carboxylic acids is 1. The van der Waals surface area contributed by atoms with Crippen LogP contribution in [0.1, 0.15) is 21.6 Å². The standard InChI is InChI=1S/C20H18F3N5O/c1-24-11-17-15-8-7-12(9-16(15)18(27-26-17)28(2)3)19(29)25-14-6-4-5-13(10-14)20(21,22)23/h4-11H,1-3H3,(H,25,29). The van der Waals surface area contributed by atoms with Gasteiger partial charge in [0, 0.05) is 49.4 Å². The summed E-state index contributed by atoms with van der Waals surface area (Å²) in [6.07, 6.45) is -2.92. The predicted octanol–water partition coefficient (Wildman–Crippen LogP) is 4.02. The van der Waals surface area contributed by atoms with Gasteiger partial charge in [-0.3, -0.25) is 9.79 Å². The Morgan fingerprint density at radius 3 is 2.52 bits per heavy atom. The minimum atomic E-state index is -4.49. The Hall–Kier alpha value is -3.49. The molecule has 6 nitrogen and oxygen atoms in total. The molecule has 1 N–H and O–H groups in total. The van der Waals surface area contributed by atoms with Gasteiger partial charge in [0.05, 0.1) is 5.56 Å². The van der Waals surface area contributed by atoms with Crippen molar-refractivity contribution in [3.8, 4) is 0 Å². The topological polar surface area (TPSA) is 70.5 Å². The number of alkyl halides is 3. The monoisotopic (exact) mass is 401 g/mol. The second-order valence-electron chi connectivity index (χ2n) is 6.48. The second kappa shape index (κ2) is 7.86. The number of hydrogen-bond donors (Lipinski definition) is 1. The van der Waals surface area contributed by atoms with Crippen LogP contribution < -0.4 is 10.2 Å². The Morgan fingerprint density at radius 1 is 1.10 bits per heavy atom. The first-order chi connectivity index (χ1) is 13.7. The largest absolute Gasteiger partial charge is 0.416 e. The van der Waals surface area contributed by atoms with Crippen LogP contribution in [0, 0.1) is 0 Å². The maximum Gasteiger partial charge on any atom is 0.416 e. The SMILES string of the molecule is CN=Cc1nnc(N(C)C)c2cc(C(=O)Nc3cccc(C(F)(F)F)c3)ccc12. The van der Waals surface area contributed by atoms with Crippen molar-refractivity contribution in [2.75, 3.05) is 31.4 Å². The number of amides is 1. The highest BCUT2D eigenvalue weighted by Crippen LogP contribution is 2.31. The molecule has 0 spiro atoms. The summed E-state index contributed by atoms with van der Waals surface area (Å²) >= 11 is 0. The lowest BCUT2D eigenvalue weighted by Crippen LogP contribution is -2.15. The van der Waals surface area contributed by atoms with Gasteiger partial charge in [-0.1, -0.05) is 12.1 Å². The molecule has 0 aliphatic rings. The van der Waals surface area contributed by atoms with Crippen molar-refractivity contribution in [3.05, 3.63) is 59.3 Å². The summed E-state index contributed by atoms with van der Waals surface area (Å²) in [5, 5.41) is 12.3. The van der Waals surface area contributed by atoms with E-state index in [1.165, 1.54) is 12.1 Å². The summed E-state index contributed by atoms with van der Waals surface area (Å²) < 4.78 is 38.6. The Morgan fingerprint density at radius 2 is 1.86 bits per heavy atom. The first-order valence-electron chi connectivity index (χ1n) is 8.59. The van der Waals surface area contributed by atoms with Crippen molar-refractivity contribution < 1.29 is 18.0 Å². The van der Waals surface area contributed by atoms with Gasteiger partial charge in [0.25, 0.3) is 5.91 Å². The molecule has 3 aromatic rings. The quantitative estimate of drug-likeness (QED) is 0.671. The fraction of sp³-hybridized carbons (Fsp3) is 0.200. The van der Waals surface area contributed by atoms with Gasteiger partial charge >= 0.3 is 6.18 Å². The molecule has 0 fully saturated rings. The summed E-state index contributed by atoms with van der Waals surface area (Å²) in [6, 6.07) is 9.43. The molecule has 1 amide bonds. The summed E-state index contributed by atoms with van der Waals surface area (Å²) in [5.41, 5.74) is 0.0650. The Kier molecular flexibility index (Phi) is 5.49. The lowest BCUT2D eigenvalue weighted by Gasteiger charge is -2.15. The normalized spacial score (nSPS) is 11.8. The van der Waals surface area contributed by atoms with Gasteiger partial charge in [-0.2, -0.15) is 13.2 Å². The number of anilines is 2. The number of benzene rings is 2. The van der Waals surface area contributed by atoms with E-state index in [2.05, 4.69) is 20.5 Å². The number of hydrogen-bond acceptors (Lipinski definition) is 5. The molecule has 150 valence electrons. The zero-order valence-corrected chi connectivity index (χ0v) is 15.9. The highest BCUT2D eigenvalue weighted by atomic mass is 19.4. The summed E-state index contributed by atoms with van der Waals surface area (Å²) in [5.74, 6) is 0.0282. The highest BCUT2D eigenvalue weighted by Gasteiger charge is 2.30. The molecule has 0 saturated carbocycles. The van der Waals surface area contributed by atoms with Gasteiger partial charge in [-0.25, -0.2) is 0 Å². The van der Waals surface area contributed by atoms with E-state index in [1.807, 2.05) is 0 Å². The van der Waals surface area contributed by atoms with E-state index >= 15 is 0 Å². The molecular formula is C20H18F3N5O. The van der Waals surface area contributed by atoms with Crippen LogP contribution in [0.4, 0.5) is 24.7 Å². The van der Waals surface area contributed by atoms with Crippen molar-refractivity contribution >= 4 is 34.4 Å². The number of carbonyl (C=O) groups is 1. The van der Waals surface area contributed by atoms with E-state index < -0.39 is 17.6 Å².